The van der Waals surface area contributed by atoms with Crippen molar-refractivity contribution in [2.45, 2.75) is 13.8 Å². The molecular formula is C14H18N2O2. The van der Waals surface area contributed by atoms with Crippen molar-refractivity contribution in [1.82, 2.24) is 4.98 Å². The lowest BCUT2D eigenvalue weighted by Crippen LogP contribution is -2.27. The second-order valence-electron chi connectivity index (χ2n) is 5.28. The Labute approximate surface area is 106 Å². The van der Waals surface area contributed by atoms with Gasteiger partial charge in [0.2, 0.25) is 0 Å². The van der Waals surface area contributed by atoms with Crippen molar-refractivity contribution in [3.05, 3.63) is 40.7 Å². The molecule has 2 rings (SSSR count). The van der Waals surface area contributed by atoms with E-state index in [1.54, 1.807) is 6.07 Å². The van der Waals surface area contributed by atoms with Crippen LogP contribution in [0.15, 0.2) is 35.1 Å². The highest BCUT2D eigenvalue weighted by atomic mass is 16.3. The van der Waals surface area contributed by atoms with Gasteiger partial charge in [-0.05, 0) is 17.5 Å². The van der Waals surface area contributed by atoms with E-state index in [-0.39, 0.29) is 17.6 Å². The monoisotopic (exact) mass is 246 g/mol. The van der Waals surface area contributed by atoms with Crippen molar-refractivity contribution >= 4 is 16.6 Å². The molecule has 0 saturated carbocycles. The number of aliphatic hydroxyl groups is 1. The maximum atomic E-state index is 11.8. The lowest BCUT2D eigenvalue weighted by molar-refractivity contribution is 0.170. The van der Waals surface area contributed by atoms with E-state index >= 15 is 0 Å². The van der Waals surface area contributed by atoms with Gasteiger partial charge in [-0.2, -0.15) is 0 Å². The summed E-state index contributed by atoms with van der Waals surface area (Å²) < 4.78 is 0. The van der Waals surface area contributed by atoms with E-state index in [2.05, 4.69) is 10.3 Å². The highest BCUT2D eigenvalue weighted by Gasteiger charge is 2.16. The fourth-order valence-electron chi connectivity index (χ4n) is 1.70. The number of hydrogen-bond donors (Lipinski definition) is 3. The van der Waals surface area contributed by atoms with Gasteiger partial charge in [0.25, 0.3) is 5.56 Å². The molecule has 4 heteroatoms. The predicted octanol–water partition coefficient (Wildman–Crippen LogP) is 1.96. The molecule has 0 saturated heterocycles. The first-order valence-electron chi connectivity index (χ1n) is 5.99. The van der Waals surface area contributed by atoms with E-state index < -0.39 is 0 Å². The molecule has 0 radical (unpaired) electrons. The Morgan fingerprint density at radius 1 is 1.33 bits per heavy atom. The average molecular weight is 246 g/mol. The standard InChI is InChI=1S/C14H18N2O2/c1-14(2,9-17)8-15-12-7-10-5-3-4-6-11(10)13(18)16-12/h3-7,17H,8-9H2,1-2H3,(H2,15,16,18). The first-order valence-corrected chi connectivity index (χ1v) is 5.99. The van der Waals surface area contributed by atoms with Crippen LogP contribution in [-0.4, -0.2) is 23.2 Å². The van der Waals surface area contributed by atoms with E-state index in [1.807, 2.05) is 38.1 Å². The highest BCUT2D eigenvalue weighted by molar-refractivity contribution is 5.83. The van der Waals surface area contributed by atoms with Crippen molar-refractivity contribution in [2.24, 2.45) is 5.41 Å². The molecule has 1 aromatic carbocycles. The number of hydrogen-bond acceptors (Lipinski definition) is 3. The van der Waals surface area contributed by atoms with Gasteiger partial charge in [0, 0.05) is 24.0 Å². The molecule has 0 bridgehead atoms. The molecular weight excluding hydrogens is 228 g/mol. The first-order chi connectivity index (χ1) is 8.52. The summed E-state index contributed by atoms with van der Waals surface area (Å²) in [7, 11) is 0. The molecule has 0 spiro atoms. The third-order valence-corrected chi connectivity index (χ3v) is 2.94. The number of pyridine rings is 1. The summed E-state index contributed by atoms with van der Waals surface area (Å²) in [5, 5.41) is 13.9. The number of benzene rings is 1. The van der Waals surface area contributed by atoms with Crippen molar-refractivity contribution in [2.75, 3.05) is 18.5 Å². The zero-order valence-electron chi connectivity index (χ0n) is 10.7. The van der Waals surface area contributed by atoms with Gasteiger partial charge in [0.15, 0.2) is 0 Å². The number of anilines is 1. The van der Waals surface area contributed by atoms with Gasteiger partial charge in [0.05, 0.1) is 0 Å². The molecule has 4 nitrogen and oxygen atoms in total. The minimum Gasteiger partial charge on any atom is -0.396 e. The second-order valence-corrected chi connectivity index (χ2v) is 5.28. The van der Waals surface area contributed by atoms with Crippen LogP contribution in [-0.2, 0) is 0 Å². The summed E-state index contributed by atoms with van der Waals surface area (Å²) in [5.74, 6) is 0.681. The van der Waals surface area contributed by atoms with Crippen molar-refractivity contribution in [1.29, 1.82) is 0 Å². The van der Waals surface area contributed by atoms with Crippen LogP contribution >= 0.6 is 0 Å². The summed E-state index contributed by atoms with van der Waals surface area (Å²) in [6, 6.07) is 9.37. The quantitative estimate of drug-likeness (QED) is 0.772. The van der Waals surface area contributed by atoms with E-state index in [1.165, 1.54) is 0 Å². The number of fused-ring (bicyclic) bond motifs is 1. The minimum atomic E-state index is -0.220. The molecule has 0 fully saturated rings. The molecule has 0 aliphatic heterocycles. The van der Waals surface area contributed by atoms with Crippen LogP contribution in [0, 0.1) is 5.41 Å². The number of aromatic amines is 1. The van der Waals surface area contributed by atoms with Crippen LogP contribution in [0.1, 0.15) is 13.8 Å². The number of rotatable bonds is 4. The second kappa shape index (κ2) is 4.82. The topological polar surface area (TPSA) is 65.1 Å². The smallest absolute Gasteiger partial charge is 0.257 e. The summed E-state index contributed by atoms with van der Waals surface area (Å²) in [6.45, 7) is 4.61. The highest BCUT2D eigenvalue weighted by Crippen LogP contribution is 2.16. The van der Waals surface area contributed by atoms with Crippen LogP contribution < -0.4 is 10.9 Å². The van der Waals surface area contributed by atoms with Gasteiger partial charge >= 0.3 is 0 Å². The third-order valence-electron chi connectivity index (χ3n) is 2.94. The van der Waals surface area contributed by atoms with Crippen LogP contribution in [0.3, 0.4) is 0 Å². The summed E-state index contributed by atoms with van der Waals surface area (Å²) in [5.41, 5.74) is -0.319. The Morgan fingerprint density at radius 3 is 2.78 bits per heavy atom. The van der Waals surface area contributed by atoms with Gasteiger partial charge in [-0.25, -0.2) is 0 Å². The number of aromatic nitrogens is 1. The van der Waals surface area contributed by atoms with Crippen molar-refractivity contribution < 1.29 is 5.11 Å². The Balaban J connectivity index is 2.28. The van der Waals surface area contributed by atoms with Gasteiger partial charge < -0.3 is 15.4 Å². The van der Waals surface area contributed by atoms with Crippen LogP contribution in [0.25, 0.3) is 10.8 Å². The van der Waals surface area contributed by atoms with Crippen LogP contribution in [0.5, 0.6) is 0 Å². The summed E-state index contributed by atoms with van der Waals surface area (Å²) >= 11 is 0. The Kier molecular flexibility index (Phi) is 3.39. The lowest BCUT2D eigenvalue weighted by atomic mass is 9.95. The van der Waals surface area contributed by atoms with E-state index in [4.69, 9.17) is 0 Å². The molecule has 0 amide bonds. The van der Waals surface area contributed by atoms with E-state index in [0.717, 1.165) is 5.39 Å². The van der Waals surface area contributed by atoms with Gasteiger partial charge in [-0.15, -0.1) is 0 Å². The summed E-state index contributed by atoms with van der Waals surface area (Å²) in [4.78, 5) is 14.6. The average Bonchev–Trinajstić information content (AvgIpc) is 2.37. The zero-order valence-corrected chi connectivity index (χ0v) is 10.7. The van der Waals surface area contributed by atoms with Gasteiger partial charge in [-0.3, -0.25) is 4.79 Å². The SMILES string of the molecule is CC(C)(CO)CNc1cc2ccccc2c(=O)[nH]1. The molecule has 0 atom stereocenters. The number of aliphatic hydroxyl groups excluding tert-OH is 1. The molecule has 18 heavy (non-hydrogen) atoms. The largest absolute Gasteiger partial charge is 0.396 e. The molecule has 1 heterocycles. The maximum Gasteiger partial charge on any atom is 0.257 e. The predicted molar refractivity (Wildman–Crippen MR) is 73.9 cm³/mol. The Morgan fingerprint density at radius 2 is 2.06 bits per heavy atom. The van der Waals surface area contributed by atoms with E-state index in [9.17, 15) is 9.90 Å². The summed E-state index contributed by atoms with van der Waals surface area (Å²) in [6.07, 6.45) is 0. The molecule has 2 aromatic rings. The Hall–Kier alpha value is -1.81. The lowest BCUT2D eigenvalue weighted by Gasteiger charge is -2.22. The van der Waals surface area contributed by atoms with Gasteiger partial charge in [-0.1, -0.05) is 32.0 Å². The molecule has 3 N–H and O–H groups in total. The van der Waals surface area contributed by atoms with Crippen LogP contribution in [0.2, 0.25) is 0 Å². The maximum absolute atomic E-state index is 11.8. The molecule has 0 aliphatic carbocycles. The normalized spacial score (nSPS) is 11.7. The van der Waals surface area contributed by atoms with Crippen LogP contribution in [0.4, 0.5) is 5.82 Å². The first kappa shape index (κ1) is 12.6. The van der Waals surface area contributed by atoms with E-state index in [0.29, 0.717) is 17.7 Å². The number of H-pyrrole nitrogens is 1. The Bertz CT molecular complexity index is 602. The fraction of sp³-hybridized carbons (Fsp3) is 0.357. The molecule has 0 unspecified atom stereocenters. The number of nitrogens with one attached hydrogen (secondary N) is 2. The zero-order chi connectivity index (χ0) is 13.2. The molecule has 1 aromatic heterocycles. The molecule has 96 valence electrons. The third kappa shape index (κ3) is 2.71. The fourth-order valence-corrected chi connectivity index (χ4v) is 1.70. The van der Waals surface area contributed by atoms with Gasteiger partial charge in [0.1, 0.15) is 5.82 Å². The van der Waals surface area contributed by atoms with Crippen molar-refractivity contribution in [3.8, 4) is 0 Å². The molecule has 0 aliphatic rings. The minimum absolute atomic E-state index is 0.0951. The van der Waals surface area contributed by atoms with Crippen molar-refractivity contribution in [3.63, 3.8) is 0 Å².